The number of nitrogens with one attached hydrogen (secondary N) is 1. The summed E-state index contributed by atoms with van der Waals surface area (Å²) >= 11 is 18.6. The van der Waals surface area contributed by atoms with Crippen molar-refractivity contribution in [3.05, 3.63) is 133 Å². The minimum atomic E-state index is 0. The standard InChI is InChI=1S/C23H24ClN3O2.C15H15ClN2O.C8H10ClNO.CH4/c1-14-4-6-20-17(10-14)23(18-13-27(15(2)28)9-8-21(18)26-20)25-12-16-5-7-22(29-3)19(24)11-16;1-9-3-4-13-11(7-9)15(16)12-8-18(10(2)19)6-5-14(12)17-13;1-11-8-3-2-6(5-10)4-7(8)9;/h4-7,10-11H,8-9,12-13H2,1-3H3,(H,25,26);3-4,7H,5-6,8H2,1-2H3;2-4H,5,10H2,1H3;1H4. The number of aryl methyl sites for hydroxylation is 2. The molecule has 0 aliphatic carbocycles. The van der Waals surface area contributed by atoms with E-state index in [2.05, 4.69) is 41.5 Å². The van der Waals surface area contributed by atoms with Gasteiger partial charge in [0.25, 0.3) is 0 Å². The van der Waals surface area contributed by atoms with E-state index in [1.807, 2.05) is 59.2 Å². The van der Waals surface area contributed by atoms with Gasteiger partial charge in [-0.3, -0.25) is 19.6 Å². The van der Waals surface area contributed by atoms with Crippen molar-refractivity contribution in [2.45, 2.75) is 74.1 Å². The molecule has 60 heavy (non-hydrogen) atoms. The summed E-state index contributed by atoms with van der Waals surface area (Å²) < 4.78 is 10.2. The van der Waals surface area contributed by atoms with Crippen molar-refractivity contribution in [1.29, 1.82) is 0 Å². The van der Waals surface area contributed by atoms with E-state index in [0.717, 1.165) is 91.1 Å². The number of benzene rings is 4. The normalized spacial score (nSPS) is 12.8. The Labute approximate surface area is 367 Å². The Morgan fingerprint density at radius 2 is 1.18 bits per heavy atom. The molecule has 6 aromatic rings. The first-order valence-electron chi connectivity index (χ1n) is 19.4. The topological polar surface area (TPSA) is 123 Å². The van der Waals surface area contributed by atoms with Gasteiger partial charge in [-0.25, -0.2) is 0 Å². The fourth-order valence-corrected chi connectivity index (χ4v) is 8.13. The molecular weight excluding hydrogens is 819 g/mol. The molecule has 0 fully saturated rings. The average Bonchev–Trinajstić information content (AvgIpc) is 3.23. The van der Waals surface area contributed by atoms with Gasteiger partial charge in [0.15, 0.2) is 0 Å². The number of aromatic nitrogens is 2. The van der Waals surface area contributed by atoms with Crippen molar-refractivity contribution in [2.24, 2.45) is 5.73 Å². The van der Waals surface area contributed by atoms with Gasteiger partial charge in [0.2, 0.25) is 11.8 Å². The lowest BCUT2D eigenvalue weighted by atomic mass is 9.98. The minimum absolute atomic E-state index is 0. The monoisotopic (exact) mass is 870 g/mol. The van der Waals surface area contributed by atoms with Gasteiger partial charge in [-0.1, -0.05) is 77.6 Å². The Bertz CT molecular complexity index is 2530. The van der Waals surface area contributed by atoms with Gasteiger partial charge < -0.3 is 30.3 Å². The van der Waals surface area contributed by atoms with E-state index >= 15 is 0 Å². The largest absolute Gasteiger partial charge is 0.495 e. The molecule has 0 radical (unpaired) electrons. The fraction of sp³-hybridized carbons (Fsp3) is 0.319. The molecule has 0 saturated heterocycles. The Morgan fingerprint density at radius 3 is 1.70 bits per heavy atom. The lowest BCUT2D eigenvalue weighted by Crippen LogP contribution is -2.35. The first kappa shape index (κ1) is 45.9. The third-order valence-corrected chi connectivity index (χ3v) is 11.6. The van der Waals surface area contributed by atoms with E-state index in [4.69, 9.17) is 55.0 Å². The first-order valence-corrected chi connectivity index (χ1v) is 20.5. The van der Waals surface area contributed by atoms with Crippen LogP contribution >= 0.6 is 34.8 Å². The number of fused-ring (bicyclic) bond motifs is 4. The number of anilines is 1. The molecule has 0 bridgehead atoms. The van der Waals surface area contributed by atoms with Gasteiger partial charge >= 0.3 is 0 Å². The third-order valence-electron chi connectivity index (χ3n) is 10.5. The van der Waals surface area contributed by atoms with Gasteiger partial charge in [-0.05, 0) is 73.5 Å². The summed E-state index contributed by atoms with van der Waals surface area (Å²) in [6.45, 7) is 11.0. The molecule has 4 aromatic carbocycles. The van der Waals surface area contributed by atoms with Gasteiger partial charge in [0.1, 0.15) is 11.5 Å². The summed E-state index contributed by atoms with van der Waals surface area (Å²) in [5.41, 5.74) is 17.0. The number of hydrogen-bond acceptors (Lipinski definition) is 8. The number of hydrogen-bond donors (Lipinski definition) is 2. The zero-order chi connectivity index (χ0) is 42.4. The molecule has 8 rings (SSSR count). The van der Waals surface area contributed by atoms with E-state index in [-0.39, 0.29) is 19.2 Å². The Kier molecular flexibility index (Phi) is 15.6. The van der Waals surface area contributed by atoms with Crippen LogP contribution in [0.1, 0.15) is 66.0 Å². The molecule has 0 spiro atoms. The van der Waals surface area contributed by atoms with Gasteiger partial charge in [-0.2, -0.15) is 0 Å². The molecule has 13 heteroatoms. The molecule has 2 amide bonds. The minimum Gasteiger partial charge on any atom is -0.495 e. The van der Waals surface area contributed by atoms with Crippen molar-refractivity contribution in [3.8, 4) is 11.5 Å². The van der Waals surface area contributed by atoms with Crippen molar-refractivity contribution >= 4 is 74.1 Å². The quantitative estimate of drug-likeness (QED) is 0.170. The summed E-state index contributed by atoms with van der Waals surface area (Å²) in [5.74, 6) is 1.53. The van der Waals surface area contributed by atoms with E-state index in [1.54, 1.807) is 34.1 Å². The number of nitrogens with two attached hydrogens (primary N) is 1. The number of rotatable bonds is 6. The van der Waals surface area contributed by atoms with Crippen LogP contribution in [0.3, 0.4) is 0 Å². The Morgan fingerprint density at radius 1 is 0.700 bits per heavy atom. The highest BCUT2D eigenvalue weighted by molar-refractivity contribution is 6.36. The molecule has 0 atom stereocenters. The van der Waals surface area contributed by atoms with Gasteiger partial charge in [0.05, 0.1) is 46.0 Å². The third kappa shape index (κ3) is 10.6. The van der Waals surface area contributed by atoms with Crippen LogP contribution in [0.25, 0.3) is 21.8 Å². The lowest BCUT2D eigenvalue weighted by Gasteiger charge is -2.30. The predicted molar refractivity (Wildman–Crippen MR) is 246 cm³/mol. The SMILES string of the molecule is C.CC(=O)N1CCc2nc3ccc(C)cc3c(Cl)c2C1.COc1ccc(CN)cc1Cl.COc1ccc(CNc2c3c(nc4ccc(C)cc24)CCN(C(C)=O)C3)cc1Cl. The highest BCUT2D eigenvalue weighted by Gasteiger charge is 2.25. The highest BCUT2D eigenvalue weighted by Crippen LogP contribution is 2.35. The Balaban J connectivity index is 0.000000189. The van der Waals surface area contributed by atoms with Crippen LogP contribution in [0.4, 0.5) is 5.69 Å². The smallest absolute Gasteiger partial charge is 0.219 e. The number of pyridine rings is 2. The second-order valence-corrected chi connectivity index (χ2v) is 15.9. The summed E-state index contributed by atoms with van der Waals surface area (Å²) in [4.78, 5) is 36.7. The van der Waals surface area contributed by atoms with Crippen molar-refractivity contribution in [3.63, 3.8) is 0 Å². The number of ether oxygens (including phenoxy) is 2. The second kappa shape index (κ2) is 20.4. The van der Waals surface area contributed by atoms with E-state index in [9.17, 15) is 9.59 Å². The van der Waals surface area contributed by atoms with Crippen LogP contribution in [0.5, 0.6) is 11.5 Å². The molecule has 4 heterocycles. The summed E-state index contributed by atoms with van der Waals surface area (Å²) in [6.07, 6.45) is 1.54. The summed E-state index contributed by atoms with van der Waals surface area (Å²) in [6, 6.07) is 23.7. The molecular formula is C47H53Cl3N6O4. The molecule has 3 N–H and O–H groups in total. The Hall–Kier alpha value is -5.13. The number of nitrogens with zero attached hydrogens (tertiary/aromatic N) is 4. The van der Waals surface area contributed by atoms with E-state index in [0.29, 0.717) is 54.3 Å². The number of carbonyl (C=O) groups is 2. The van der Waals surface area contributed by atoms with Crippen LogP contribution < -0.4 is 20.5 Å². The predicted octanol–water partition coefficient (Wildman–Crippen LogP) is 10.3. The number of carbonyl (C=O) groups excluding carboxylic acids is 2. The lowest BCUT2D eigenvalue weighted by molar-refractivity contribution is -0.130. The number of amides is 2. The number of halogens is 3. The summed E-state index contributed by atoms with van der Waals surface area (Å²) in [7, 11) is 3.20. The van der Waals surface area contributed by atoms with Gasteiger partial charge in [0, 0.05) is 99.2 Å². The van der Waals surface area contributed by atoms with Crippen LogP contribution in [0.15, 0.2) is 72.8 Å². The van der Waals surface area contributed by atoms with Crippen molar-refractivity contribution < 1.29 is 19.1 Å². The average molecular weight is 872 g/mol. The highest BCUT2D eigenvalue weighted by atomic mass is 35.5. The summed E-state index contributed by atoms with van der Waals surface area (Å²) in [5, 5.41) is 7.60. The first-order chi connectivity index (χ1) is 28.3. The van der Waals surface area contributed by atoms with Gasteiger partial charge in [-0.15, -0.1) is 0 Å². The molecule has 2 aliphatic heterocycles. The maximum absolute atomic E-state index is 12.0. The van der Waals surface area contributed by atoms with Crippen LogP contribution in [-0.2, 0) is 48.6 Å². The van der Waals surface area contributed by atoms with Crippen LogP contribution in [0, 0.1) is 13.8 Å². The van der Waals surface area contributed by atoms with Crippen LogP contribution in [-0.4, -0.2) is 58.9 Å². The van der Waals surface area contributed by atoms with Crippen molar-refractivity contribution in [2.75, 3.05) is 32.6 Å². The number of methoxy groups -OCH3 is 2. The molecule has 316 valence electrons. The van der Waals surface area contributed by atoms with Crippen LogP contribution in [0.2, 0.25) is 15.1 Å². The fourth-order valence-electron chi connectivity index (χ4n) is 7.25. The maximum atomic E-state index is 12.0. The van der Waals surface area contributed by atoms with Crippen molar-refractivity contribution in [1.82, 2.24) is 19.8 Å². The second-order valence-electron chi connectivity index (χ2n) is 14.7. The van der Waals surface area contributed by atoms with E-state index in [1.165, 1.54) is 5.56 Å². The zero-order valence-corrected chi connectivity index (χ0v) is 36.5. The molecule has 2 aliphatic rings. The molecule has 0 unspecified atom stereocenters. The molecule has 2 aromatic heterocycles. The maximum Gasteiger partial charge on any atom is 0.219 e. The van der Waals surface area contributed by atoms with E-state index < -0.39 is 0 Å². The zero-order valence-electron chi connectivity index (χ0n) is 34.2. The molecule has 10 nitrogen and oxygen atoms in total. The molecule has 0 saturated carbocycles.